The first-order chi connectivity index (χ1) is 13.6. The van der Waals surface area contributed by atoms with E-state index in [1.54, 1.807) is 32.9 Å². The van der Waals surface area contributed by atoms with Crippen LogP contribution < -0.4 is 15.6 Å². The number of carbonyl (C=O) groups is 2. The number of hydrogen-bond acceptors (Lipinski definition) is 5. The van der Waals surface area contributed by atoms with Gasteiger partial charge in [-0.25, -0.2) is 15.2 Å². The zero-order valence-corrected chi connectivity index (χ0v) is 17.6. The molecule has 0 bridgehead atoms. The van der Waals surface area contributed by atoms with Gasteiger partial charge in [0.25, 0.3) is 5.91 Å². The van der Waals surface area contributed by atoms with Crippen molar-refractivity contribution in [3.8, 4) is 11.3 Å². The zero-order valence-electron chi connectivity index (χ0n) is 16.1. The lowest BCUT2D eigenvalue weighted by Crippen LogP contribution is -2.44. The summed E-state index contributed by atoms with van der Waals surface area (Å²) in [5.74, 6) is -0.576. The fourth-order valence-corrected chi connectivity index (χ4v) is 2.86. The number of pyridine rings is 2. The summed E-state index contributed by atoms with van der Waals surface area (Å²) in [6, 6.07) is 10.7. The Hall–Kier alpha value is -3.20. The molecule has 3 aromatic rings. The summed E-state index contributed by atoms with van der Waals surface area (Å²) in [5, 5.41) is 10.2. The van der Waals surface area contributed by atoms with Gasteiger partial charge in [0, 0.05) is 20.8 Å². The molecule has 0 unspecified atom stereocenters. The molecule has 150 valence electrons. The van der Waals surface area contributed by atoms with Crippen LogP contribution in [0.2, 0.25) is 0 Å². The first kappa shape index (κ1) is 20.5. The van der Waals surface area contributed by atoms with Crippen LogP contribution in [-0.2, 0) is 4.74 Å². The van der Waals surface area contributed by atoms with E-state index >= 15 is 0 Å². The molecule has 2 amide bonds. The lowest BCUT2D eigenvalue weighted by Gasteiger charge is -2.19. The summed E-state index contributed by atoms with van der Waals surface area (Å²) in [6.45, 7) is 5.15. The van der Waals surface area contributed by atoms with Gasteiger partial charge in [-0.15, -0.1) is 0 Å². The van der Waals surface area contributed by atoms with Crippen LogP contribution in [0.3, 0.4) is 0 Å². The van der Waals surface area contributed by atoms with E-state index in [-0.39, 0.29) is 5.56 Å². The van der Waals surface area contributed by atoms with E-state index in [4.69, 9.17) is 4.74 Å². The molecule has 0 atom stereocenters. The molecule has 29 heavy (non-hydrogen) atoms. The molecule has 0 spiro atoms. The summed E-state index contributed by atoms with van der Waals surface area (Å²) in [4.78, 5) is 29.2. The first-order valence-electron chi connectivity index (χ1n) is 8.73. The number of ether oxygens (including phenoxy) is 1. The Kier molecular flexibility index (Phi) is 5.69. The minimum Gasteiger partial charge on any atom is -0.443 e. The maximum Gasteiger partial charge on any atom is 0.426 e. The maximum atomic E-state index is 12.8. The third-order valence-corrected chi connectivity index (χ3v) is 4.32. The standard InChI is InChI=1S/C20H19BrN4O4/c1-20(2,3)29-19(27)24-23-18(26)14-10-17(12-4-6-13(21)7-5-12)22-16-8-9-25(28)11-15(14)16/h4-11,26,28H,1-3H3/p+1. The number of fused-ring (bicyclic) bond motifs is 1. The van der Waals surface area contributed by atoms with E-state index in [9.17, 15) is 14.8 Å². The molecule has 2 heterocycles. The highest BCUT2D eigenvalue weighted by molar-refractivity contribution is 9.10. The highest BCUT2D eigenvalue weighted by Crippen LogP contribution is 2.25. The smallest absolute Gasteiger partial charge is 0.426 e. The van der Waals surface area contributed by atoms with Crippen LogP contribution in [0.1, 0.15) is 31.1 Å². The molecule has 8 nitrogen and oxygen atoms in total. The number of hydrogen-bond donors (Lipinski definition) is 3. The Morgan fingerprint density at radius 1 is 1.14 bits per heavy atom. The van der Waals surface area contributed by atoms with Gasteiger partial charge < -0.3 is 4.74 Å². The number of carbonyl (C=O) groups excluding carboxylic acids is 2. The van der Waals surface area contributed by atoms with Crippen molar-refractivity contribution in [3.63, 3.8) is 0 Å². The highest BCUT2D eigenvalue weighted by atomic mass is 79.9. The summed E-state index contributed by atoms with van der Waals surface area (Å²) in [6.07, 6.45) is 2.01. The third kappa shape index (κ3) is 5.20. The van der Waals surface area contributed by atoms with Crippen LogP contribution >= 0.6 is 15.9 Å². The Morgan fingerprint density at radius 3 is 2.48 bits per heavy atom. The van der Waals surface area contributed by atoms with Crippen LogP contribution in [0.25, 0.3) is 22.2 Å². The maximum absolute atomic E-state index is 12.8. The topological polar surface area (TPSA) is 104 Å². The van der Waals surface area contributed by atoms with Gasteiger partial charge in [-0.2, -0.15) is 0 Å². The second kappa shape index (κ2) is 8.04. The summed E-state index contributed by atoms with van der Waals surface area (Å²) < 4.78 is 6.86. The van der Waals surface area contributed by atoms with Gasteiger partial charge >= 0.3 is 6.09 Å². The predicted octanol–water partition coefficient (Wildman–Crippen LogP) is 3.36. The SMILES string of the molecule is CC(C)(C)OC(=O)NNC(=O)c1cc(-c2ccc(Br)cc2)nc2cc[n+](O)cc12. The third-order valence-electron chi connectivity index (χ3n) is 3.80. The zero-order chi connectivity index (χ0) is 21.2. The molecule has 0 radical (unpaired) electrons. The van der Waals surface area contributed by atoms with Crippen LogP contribution in [0.5, 0.6) is 0 Å². The van der Waals surface area contributed by atoms with Crippen molar-refractivity contribution in [2.45, 2.75) is 26.4 Å². The molecule has 3 N–H and O–H groups in total. The molecule has 2 aromatic heterocycles. The van der Waals surface area contributed by atoms with Crippen molar-refractivity contribution in [2.75, 3.05) is 0 Å². The summed E-state index contributed by atoms with van der Waals surface area (Å²) in [5.41, 5.74) is 5.98. The average molecular weight is 460 g/mol. The molecule has 0 fully saturated rings. The second-order valence-corrected chi connectivity index (χ2v) is 8.18. The number of rotatable bonds is 2. The van der Waals surface area contributed by atoms with Gasteiger partial charge in [0.2, 0.25) is 12.4 Å². The molecule has 0 saturated heterocycles. The molecule has 3 rings (SSSR count). The van der Waals surface area contributed by atoms with Gasteiger partial charge in [-0.1, -0.05) is 28.1 Å². The molecule has 9 heteroatoms. The minimum atomic E-state index is -0.783. The molecule has 0 aliphatic heterocycles. The van der Waals surface area contributed by atoms with E-state index in [2.05, 4.69) is 31.8 Å². The number of nitrogens with zero attached hydrogens (tertiary/aromatic N) is 2. The van der Waals surface area contributed by atoms with Gasteiger partial charge in [-0.3, -0.25) is 15.4 Å². The largest absolute Gasteiger partial charge is 0.443 e. The van der Waals surface area contributed by atoms with Crippen molar-refractivity contribution in [2.24, 2.45) is 0 Å². The van der Waals surface area contributed by atoms with Crippen LogP contribution in [-0.4, -0.2) is 27.8 Å². The van der Waals surface area contributed by atoms with Crippen molar-refractivity contribution < 1.29 is 24.3 Å². The monoisotopic (exact) mass is 459 g/mol. The van der Waals surface area contributed by atoms with E-state index in [0.717, 1.165) is 14.8 Å². The summed E-state index contributed by atoms with van der Waals surface area (Å²) in [7, 11) is 0. The van der Waals surface area contributed by atoms with E-state index in [1.165, 1.54) is 12.4 Å². The Bertz CT molecular complexity index is 1080. The average Bonchev–Trinajstić information content (AvgIpc) is 2.64. The molecule has 0 aliphatic carbocycles. The second-order valence-electron chi connectivity index (χ2n) is 7.27. The fraction of sp³-hybridized carbons (Fsp3) is 0.200. The van der Waals surface area contributed by atoms with Crippen molar-refractivity contribution in [3.05, 3.63) is 58.8 Å². The molecular formula is C20H20BrN4O4+. The number of amides is 2. The number of halogens is 1. The number of aromatic nitrogens is 2. The number of nitrogens with one attached hydrogen (secondary N) is 2. The van der Waals surface area contributed by atoms with Crippen LogP contribution in [0, 0.1) is 0 Å². The number of benzene rings is 1. The van der Waals surface area contributed by atoms with Crippen molar-refractivity contribution in [1.82, 2.24) is 15.8 Å². The predicted molar refractivity (Wildman–Crippen MR) is 109 cm³/mol. The highest BCUT2D eigenvalue weighted by Gasteiger charge is 2.20. The van der Waals surface area contributed by atoms with E-state index in [1.807, 2.05) is 24.3 Å². The minimum absolute atomic E-state index is 0.229. The Balaban J connectivity index is 1.96. The molecule has 1 aromatic carbocycles. The van der Waals surface area contributed by atoms with Gasteiger partial charge in [-0.05, 0) is 39.0 Å². The molecular weight excluding hydrogens is 440 g/mol. The first-order valence-corrected chi connectivity index (χ1v) is 9.52. The lowest BCUT2D eigenvalue weighted by atomic mass is 10.1. The van der Waals surface area contributed by atoms with Crippen LogP contribution in [0.15, 0.2) is 53.3 Å². The van der Waals surface area contributed by atoms with Gasteiger partial charge in [0.1, 0.15) is 5.60 Å². The van der Waals surface area contributed by atoms with E-state index in [0.29, 0.717) is 16.6 Å². The molecule has 0 saturated carbocycles. The van der Waals surface area contributed by atoms with E-state index < -0.39 is 17.6 Å². The van der Waals surface area contributed by atoms with Crippen molar-refractivity contribution >= 4 is 38.8 Å². The van der Waals surface area contributed by atoms with Gasteiger partial charge in [0.05, 0.1) is 22.2 Å². The Labute approximate surface area is 175 Å². The lowest BCUT2D eigenvalue weighted by molar-refractivity contribution is -0.904. The van der Waals surface area contributed by atoms with Crippen LogP contribution in [0.4, 0.5) is 4.79 Å². The molecule has 0 aliphatic rings. The summed E-state index contributed by atoms with van der Waals surface area (Å²) >= 11 is 3.39. The van der Waals surface area contributed by atoms with Gasteiger partial charge in [0.15, 0.2) is 0 Å². The quantitative estimate of drug-likeness (QED) is 0.309. The Morgan fingerprint density at radius 2 is 1.83 bits per heavy atom. The van der Waals surface area contributed by atoms with Crippen molar-refractivity contribution in [1.29, 1.82) is 0 Å². The number of hydrazine groups is 1. The normalized spacial score (nSPS) is 11.2. The fourth-order valence-electron chi connectivity index (χ4n) is 2.59.